The van der Waals surface area contributed by atoms with Gasteiger partial charge in [0.05, 0.1) is 26.4 Å². The first-order chi connectivity index (χ1) is 19.1. The van der Waals surface area contributed by atoms with Gasteiger partial charge in [0.2, 0.25) is 0 Å². The van der Waals surface area contributed by atoms with Crippen molar-refractivity contribution < 1.29 is 18.9 Å². The normalized spacial score (nSPS) is 16.2. The van der Waals surface area contributed by atoms with Gasteiger partial charge in [-0.2, -0.15) is 0 Å². The topological polar surface area (TPSA) is 36.9 Å². The summed E-state index contributed by atoms with van der Waals surface area (Å²) in [5.74, 6) is 5.76. The van der Waals surface area contributed by atoms with E-state index in [9.17, 15) is 0 Å². The molecule has 4 nitrogen and oxygen atoms in total. The van der Waals surface area contributed by atoms with Gasteiger partial charge in [0.25, 0.3) is 0 Å². The average Bonchev–Trinajstić information content (AvgIpc) is 2.99. The van der Waals surface area contributed by atoms with Gasteiger partial charge >= 0.3 is 0 Å². The zero-order valence-corrected chi connectivity index (χ0v) is 26.0. The molecule has 39 heavy (non-hydrogen) atoms. The van der Waals surface area contributed by atoms with Gasteiger partial charge in [-0.25, -0.2) is 0 Å². The molecule has 0 unspecified atom stereocenters. The van der Waals surface area contributed by atoms with Crippen LogP contribution in [0.25, 0.3) is 0 Å². The molecule has 0 radical (unpaired) electrons. The van der Waals surface area contributed by atoms with Gasteiger partial charge in [0.15, 0.2) is 0 Å². The Labute approximate surface area is 240 Å². The van der Waals surface area contributed by atoms with E-state index in [1.165, 1.54) is 38.5 Å². The molecular formula is C35H58O4. The molecule has 0 aromatic heterocycles. The Bertz CT molecular complexity index is 758. The second kappa shape index (κ2) is 23.5. The fourth-order valence-electron chi connectivity index (χ4n) is 4.33. The van der Waals surface area contributed by atoms with Crippen LogP contribution in [0.3, 0.4) is 0 Å². The van der Waals surface area contributed by atoms with Gasteiger partial charge in [0, 0.05) is 6.07 Å². The molecule has 0 saturated heterocycles. The molecule has 1 fully saturated rings. The van der Waals surface area contributed by atoms with Crippen molar-refractivity contribution in [3.8, 4) is 23.0 Å². The van der Waals surface area contributed by atoms with Crippen LogP contribution in [0.4, 0.5) is 0 Å². The molecule has 2 aromatic rings. The van der Waals surface area contributed by atoms with E-state index in [4.69, 9.17) is 18.9 Å². The molecule has 0 aliphatic heterocycles. The minimum atomic E-state index is 0.762. The summed E-state index contributed by atoms with van der Waals surface area (Å²) in [6.45, 7) is 16.2. The summed E-state index contributed by atoms with van der Waals surface area (Å²) < 4.78 is 22.0. The Morgan fingerprint density at radius 2 is 0.872 bits per heavy atom. The van der Waals surface area contributed by atoms with Crippen LogP contribution in [0.15, 0.2) is 48.5 Å². The molecule has 3 rings (SSSR count). The molecular weight excluding hydrogens is 484 g/mol. The lowest BCUT2D eigenvalue weighted by Gasteiger charge is -2.26. The summed E-state index contributed by atoms with van der Waals surface area (Å²) in [7, 11) is 0. The van der Waals surface area contributed by atoms with E-state index in [0.717, 1.165) is 93.4 Å². The molecule has 0 atom stereocenters. The summed E-state index contributed by atoms with van der Waals surface area (Å²) in [6.07, 6.45) is 14.2. The molecule has 0 amide bonds. The van der Waals surface area contributed by atoms with E-state index in [1.807, 2.05) is 48.5 Å². The van der Waals surface area contributed by atoms with Crippen LogP contribution in [0.5, 0.6) is 23.0 Å². The highest BCUT2D eigenvalue weighted by Gasteiger charge is 2.17. The average molecular weight is 543 g/mol. The Morgan fingerprint density at radius 3 is 1.23 bits per heavy atom. The molecule has 1 saturated carbocycles. The molecule has 0 N–H and O–H groups in total. The lowest BCUT2D eigenvalue weighted by atomic mass is 9.80. The Kier molecular flexibility index (Phi) is 20.9. The van der Waals surface area contributed by atoms with E-state index in [0.29, 0.717) is 0 Å². The van der Waals surface area contributed by atoms with Crippen LogP contribution in [0.2, 0.25) is 0 Å². The predicted octanol–water partition coefficient (Wildman–Crippen LogP) is 10.5. The minimum absolute atomic E-state index is 0.762. The number of hydrogen-bond acceptors (Lipinski definition) is 4. The first-order valence-electron chi connectivity index (χ1n) is 15.8. The van der Waals surface area contributed by atoms with Gasteiger partial charge in [-0.1, -0.05) is 92.6 Å². The maximum absolute atomic E-state index is 5.59. The highest BCUT2D eigenvalue weighted by atomic mass is 16.5. The van der Waals surface area contributed by atoms with Crippen LogP contribution >= 0.6 is 0 Å². The molecule has 0 spiro atoms. The predicted molar refractivity (Wildman–Crippen MR) is 167 cm³/mol. The van der Waals surface area contributed by atoms with Crippen molar-refractivity contribution in [3.63, 3.8) is 0 Å². The zero-order valence-electron chi connectivity index (χ0n) is 26.0. The maximum atomic E-state index is 5.59. The summed E-state index contributed by atoms with van der Waals surface area (Å²) in [5.41, 5.74) is 0. The Hall–Kier alpha value is -2.36. The first kappa shape index (κ1) is 34.7. The van der Waals surface area contributed by atoms with Crippen LogP contribution in [0.1, 0.15) is 112 Å². The summed E-state index contributed by atoms with van der Waals surface area (Å²) >= 11 is 0. The van der Waals surface area contributed by atoms with Crippen molar-refractivity contribution in [1.29, 1.82) is 0 Å². The van der Waals surface area contributed by atoms with Gasteiger partial charge in [-0.05, 0) is 73.9 Å². The van der Waals surface area contributed by atoms with Crippen molar-refractivity contribution in [2.24, 2.45) is 11.8 Å². The lowest BCUT2D eigenvalue weighted by Crippen LogP contribution is -2.12. The summed E-state index contributed by atoms with van der Waals surface area (Å²) in [6, 6.07) is 15.6. The fraction of sp³-hybridized carbons (Fsp3) is 0.657. The van der Waals surface area contributed by atoms with Crippen LogP contribution in [0, 0.1) is 11.8 Å². The molecule has 222 valence electrons. The third-order valence-electron chi connectivity index (χ3n) is 6.94. The molecule has 0 bridgehead atoms. The molecule has 0 heterocycles. The van der Waals surface area contributed by atoms with Crippen molar-refractivity contribution in [2.45, 2.75) is 112 Å². The lowest BCUT2D eigenvalue weighted by molar-refractivity contribution is 0.264. The third kappa shape index (κ3) is 17.0. The van der Waals surface area contributed by atoms with E-state index in [2.05, 4.69) is 41.5 Å². The van der Waals surface area contributed by atoms with E-state index >= 15 is 0 Å². The van der Waals surface area contributed by atoms with Crippen molar-refractivity contribution >= 4 is 0 Å². The minimum Gasteiger partial charge on any atom is -0.494 e. The Balaban J connectivity index is 0.000000298. The number of benzene rings is 2. The SMILES string of the molecule is CCC1CCC(CC)CC1.CCCCOc1cccc(OCCC)c1.CCCOc1ccc(OCCC)cc1. The second-order valence-corrected chi connectivity index (χ2v) is 10.4. The van der Waals surface area contributed by atoms with Crippen molar-refractivity contribution in [3.05, 3.63) is 48.5 Å². The van der Waals surface area contributed by atoms with E-state index < -0.39 is 0 Å². The second-order valence-electron chi connectivity index (χ2n) is 10.4. The zero-order chi connectivity index (χ0) is 28.6. The van der Waals surface area contributed by atoms with Gasteiger partial charge in [-0.15, -0.1) is 0 Å². The highest BCUT2D eigenvalue weighted by Crippen LogP contribution is 2.31. The number of hydrogen-bond donors (Lipinski definition) is 0. The largest absolute Gasteiger partial charge is 0.494 e. The number of ether oxygens (including phenoxy) is 4. The van der Waals surface area contributed by atoms with Crippen molar-refractivity contribution in [2.75, 3.05) is 26.4 Å². The smallest absolute Gasteiger partial charge is 0.122 e. The molecule has 4 heteroatoms. The highest BCUT2D eigenvalue weighted by molar-refractivity contribution is 5.33. The van der Waals surface area contributed by atoms with Crippen LogP contribution < -0.4 is 18.9 Å². The monoisotopic (exact) mass is 542 g/mol. The molecule has 1 aliphatic rings. The van der Waals surface area contributed by atoms with Gasteiger partial charge in [0.1, 0.15) is 23.0 Å². The van der Waals surface area contributed by atoms with Crippen LogP contribution in [-0.2, 0) is 0 Å². The molecule has 2 aromatic carbocycles. The number of unbranched alkanes of at least 4 members (excludes halogenated alkanes) is 1. The quantitative estimate of drug-likeness (QED) is 0.210. The first-order valence-corrected chi connectivity index (χ1v) is 15.8. The summed E-state index contributed by atoms with van der Waals surface area (Å²) in [5, 5.41) is 0. The Morgan fingerprint density at radius 1 is 0.487 bits per heavy atom. The standard InChI is InChI=1S/C13H20O2.C12H18O2.C10H20/c1-3-5-10-15-13-8-6-7-12(11-13)14-9-4-2;1-3-9-13-11-5-7-12(8-6-11)14-10-4-2;1-3-9-5-7-10(4-2)8-6-9/h6-8,11H,3-5,9-10H2,1-2H3;5-8H,3-4,9-10H2,1-2H3;9-10H,3-8H2,1-2H3. The van der Waals surface area contributed by atoms with E-state index in [1.54, 1.807) is 0 Å². The van der Waals surface area contributed by atoms with Gasteiger partial charge < -0.3 is 18.9 Å². The fourth-order valence-corrected chi connectivity index (χ4v) is 4.33. The van der Waals surface area contributed by atoms with E-state index in [-0.39, 0.29) is 0 Å². The molecule has 1 aliphatic carbocycles. The van der Waals surface area contributed by atoms with Gasteiger partial charge in [-0.3, -0.25) is 0 Å². The maximum Gasteiger partial charge on any atom is 0.122 e. The third-order valence-corrected chi connectivity index (χ3v) is 6.94. The van der Waals surface area contributed by atoms with Crippen molar-refractivity contribution in [1.82, 2.24) is 0 Å². The van der Waals surface area contributed by atoms with Crippen LogP contribution in [-0.4, -0.2) is 26.4 Å². The summed E-state index contributed by atoms with van der Waals surface area (Å²) in [4.78, 5) is 0. The number of rotatable bonds is 15.